The second-order valence-electron chi connectivity index (χ2n) is 7.35. The molecule has 0 spiro atoms. The minimum Gasteiger partial charge on any atom is -0.352 e. The van der Waals surface area contributed by atoms with E-state index in [0.717, 1.165) is 24.8 Å². The maximum absolute atomic E-state index is 12.9. The molecule has 0 aliphatic carbocycles. The number of benzene rings is 1. The van der Waals surface area contributed by atoms with Crippen molar-refractivity contribution in [3.63, 3.8) is 0 Å². The van der Waals surface area contributed by atoms with Gasteiger partial charge < -0.3 is 15.5 Å². The van der Waals surface area contributed by atoms with Crippen molar-refractivity contribution in [3.8, 4) is 0 Å². The van der Waals surface area contributed by atoms with E-state index in [1.54, 1.807) is 0 Å². The zero-order valence-electron chi connectivity index (χ0n) is 15.5. The molecule has 2 heterocycles. The molecule has 0 bridgehead atoms. The highest BCUT2D eigenvalue weighted by Crippen LogP contribution is 2.21. The predicted octanol–water partition coefficient (Wildman–Crippen LogP) is 1.69. The fourth-order valence-corrected chi connectivity index (χ4v) is 3.70. The molecule has 2 N–H and O–H groups in total. The Kier molecular flexibility index (Phi) is 5.59. The Morgan fingerprint density at radius 2 is 2.00 bits per heavy atom. The lowest BCUT2D eigenvalue weighted by atomic mass is 10.0. The van der Waals surface area contributed by atoms with Crippen molar-refractivity contribution >= 4 is 17.7 Å². The highest BCUT2D eigenvalue weighted by molar-refractivity contribution is 5.95. The molecule has 0 saturated carbocycles. The molecule has 2 aliphatic heterocycles. The van der Waals surface area contributed by atoms with Gasteiger partial charge in [-0.3, -0.25) is 14.4 Å². The van der Waals surface area contributed by atoms with Gasteiger partial charge in [0.15, 0.2) is 0 Å². The average Bonchev–Trinajstić information content (AvgIpc) is 3.10. The molecule has 6 heteroatoms. The Labute approximate surface area is 154 Å². The normalized spacial score (nSPS) is 22.8. The van der Waals surface area contributed by atoms with Crippen molar-refractivity contribution in [2.75, 3.05) is 13.1 Å². The third-order valence-corrected chi connectivity index (χ3v) is 5.45. The number of nitrogens with one attached hydrogen (secondary N) is 2. The molecule has 6 nitrogen and oxygen atoms in total. The summed E-state index contributed by atoms with van der Waals surface area (Å²) in [6.07, 6.45) is 3.73. The zero-order chi connectivity index (χ0) is 18.7. The minimum atomic E-state index is -0.443. The standard InChI is InChI=1S/C20H27N3O3/c1-13-8-9-15(11-14(13)2)20(26)23-10-4-5-16(23)12-21-19(25)17-6-3-7-18(24)22-17/h8-9,11,16-17H,3-7,10,12H2,1-2H3,(H,21,25)(H,22,24)/t16-,17-/m1/s1. The Morgan fingerprint density at radius 3 is 2.73 bits per heavy atom. The molecule has 2 atom stereocenters. The Hall–Kier alpha value is -2.37. The smallest absolute Gasteiger partial charge is 0.254 e. The zero-order valence-corrected chi connectivity index (χ0v) is 15.5. The summed E-state index contributed by atoms with van der Waals surface area (Å²) < 4.78 is 0. The van der Waals surface area contributed by atoms with E-state index in [4.69, 9.17) is 0 Å². The van der Waals surface area contributed by atoms with Crippen LogP contribution in [-0.4, -0.2) is 47.8 Å². The summed E-state index contributed by atoms with van der Waals surface area (Å²) in [5.74, 6) is -0.192. The molecule has 2 fully saturated rings. The summed E-state index contributed by atoms with van der Waals surface area (Å²) in [4.78, 5) is 38.5. The fraction of sp³-hybridized carbons (Fsp3) is 0.550. The predicted molar refractivity (Wildman–Crippen MR) is 98.8 cm³/mol. The second kappa shape index (κ2) is 7.89. The van der Waals surface area contributed by atoms with E-state index in [2.05, 4.69) is 10.6 Å². The second-order valence-corrected chi connectivity index (χ2v) is 7.35. The molecule has 0 unspecified atom stereocenters. The van der Waals surface area contributed by atoms with Crippen LogP contribution in [0.1, 0.15) is 53.6 Å². The highest BCUT2D eigenvalue weighted by Gasteiger charge is 2.31. The van der Waals surface area contributed by atoms with E-state index in [0.29, 0.717) is 31.5 Å². The molecule has 0 aromatic heterocycles. The number of amides is 3. The van der Waals surface area contributed by atoms with Crippen molar-refractivity contribution < 1.29 is 14.4 Å². The van der Waals surface area contributed by atoms with Gasteiger partial charge in [-0.15, -0.1) is 0 Å². The van der Waals surface area contributed by atoms with Crippen LogP contribution in [0, 0.1) is 13.8 Å². The van der Waals surface area contributed by atoms with Gasteiger partial charge in [-0.25, -0.2) is 0 Å². The molecule has 140 valence electrons. The van der Waals surface area contributed by atoms with Gasteiger partial charge in [0.2, 0.25) is 11.8 Å². The van der Waals surface area contributed by atoms with Gasteiger partial charge in [-0.1, -0.05) is 6.07 Å². The number of hydrogen-bond acceptors (Lipinski definition) is 3. The number of nitrogens with zero attached hydrogens (tertiary/aromatic N) is 1. The lowest BCUT2D eigenvalue weighted by Gasteiger charge is -2.27. The van der Waals surface area contributed by atoms with Gasteiger partial charge in [-0.2, -0.15) is 0 Å². The first-order valence-corrected chi connectivity index (χ1v) is 9.41. The van der Waals surface area contributed by atoms with Crippen LogP contribution in [0.3, 0.4) is 0 Å². The van der Waals surface area contributed by atoms with E-state index in [1.807, 2.05) is 36.9 Å². The molecule has 1 aromatic rings. The van der Waals surface area contributed by atoms with E-state index in [9.17, 15) is 14.4 Å². The first kappa shape index (κ1) is 18.4. The number of carbonyl (C=O) groups excluding carboxylic acids is 3. The van der Waals surface area contributed by atoms with E-state index < -0.39 is 6.04 Å². The van der Waals surface area contributed by atoms with Crippen LogP contribution >= 0.6 is 0 Å². The minimum absolute atomic E-state index is 0.00681. The molecule has 0 radical (unpaired) electrons. The number of carbonyl (C=O) groups is 3. The summed E-state index contributed by atoms with van der Waals surface area (Å²) >= 11 is 0. The van der Waals surface area contributed by atoms with Crippen molar-refractivity contribution in [2.45, 2.75) is 58.0 Å². The topological polar surface area (TPSA) is 78.5 Å². The number of likely N-dealkylation sites (tertiary alicyclic amines) is 1. The van der Waals surface area contributed by atoms with Crippen molar-refractivity contribution in [1.82, 2.24) is 15.5 Å². The molecule has 2 aliphatic rings. The Balaban J connectivity index is 1.59. The summed E-state index contributed by atoms with van der Waals surface area (Å²) in [5, 5.41) is 5.66. The van der Waals surface area contributed by atoms with Crippen LogP contribution in [0.5, 0.6) is 0 Å². The highest BCUT2D eigenvalue weighted by atomic mass is 16.2. The number of rotatable bonds is 4. The van der Waals surface area contributed by atoms with Gasteiger partial charge in [0.05, 0.1) is 0 Å². The maximum atomic E-state index is 12.9. The number of hydrogen-bond donors (Lipinski definition) is 2. The first-order valence-electron chi connectivity index (χ1n) is 9.41. The van der Waals surface area contributed by atoms with Crippen LogP contribution < -0.4 is 10.6 Å². The summed E-state index contributed by atoms with van der Waals surface area (Å²) in [7, 11) is 0. The fourth-order valence-electron chi connectivity index (χ4n) is 3.70. The molecule has 3 rings (SSSR count). The van der Waals surface area contributed by atoms with Gasteiger partial charge in [0, 0.05) is 31.1 Å². The molecule has 2 saturated heterocycles. The maximum Gasteiger partial charge on any atom is 0.254 e. The molecular formula is C20H27N3O3. The summed E-state index contributed by atoms with van der Waals surface area (Å²) in [6.45, 7) is 5.18. The van der Waals surface area contributed by atoms with E-state index in [-0.39, 0.29) is 23.8 Å². The lowest BCUT2D eigenvalue weighted by Crippen LogP contribution is -2.51. The van der Waals surface area contributed by atoms with Crippen molar-refractivity contribution in [3.05, 3.63) is 34.9 Å². The summed E-state index contributed by atoms with van der Waals surface area (Å²) in [5.41, 5.74) is 2.97. The Morgan fingerprint density at radius 1 is 1.19 bits per heavy atom. The van der Waals surface area contributed by atoms with E-state index >= 15 is 0 Å². The number of piperidine rings is 1. The van der Waals surface area contributed by atoms with Gasteiger partial charge >= 0.3 is 0 Å². The molecular weight excluding hydrogens is 330 g/mol. The van der Waals surface area contributed by atoms with Gasteiger partial charge in [0.1, 0.15) is 6.04 Å². The monoisotopic (exact) mass is 357 g/mol. The summed E-state index contributed by atoms with van der Waals surface area (Å²) in [6, 6.07) is 5.34. The molecule has 3 amide bonds. The molecule has 26 heavy (non-hydrogen) atoms. The quantitative estimate of drug-likeness (QED) is 0.861. The lowest BCUT2D eigenvalue weighted by molar-refractivity contribution is -0.131. The number of aryl methyl sites for hydroxylation is 2. The van der Waals surface area contributed by atoms with Crippen LogP contribution in [-0.2, 0) is 9.59 Å². The Bertz CT molecular complexity index is 716. The van der Waals surface area contributed by atoms with Crippen LogP contribution in [0.4, 0.5) is 0 Å². The third kappa shape index (κ3) is 4.06. The van der Waals surface area contributed by atoms with Gasteiger partial charge in [-0.05, 0) is 62.8 Å². The van der Waals surface area contributed by atoms with Crippen molar-refractivity contribution in [1.29, 1.82) is 0 Å². The van der Waals surface area contributed by atoms with Crippen LogP contribution in [0.25, 0.3) is 0 Å². The largest absolute Gasteiger partial charge is 0.352 e. The van der Waals surface area contributed by atoms with E-state index in [1.165, 1.54) is 5.56 Å². The SMILES string of the molecule is Cc1ccc(C(=O)N2CCC[C@@H]2CNC(=O)[C@H]2CCCC(=O)N2)cc1C. The van der Waals surface area contributed by atoms with Crippen molar-refractivity contribution in [2.24, 2.45) is 0 Å². The molecule has 1 aromatic carbocycles. The third-order valence-electron chi connectivity index (χ3n) is 5.45. The van der Waals surface area contributed by atoms with Crippen LogP contribution in [0.15, 0.2) is 18.2 Å². The first-order chi connectivity index (χ1) is 12.5. The average molecular weight is 357 g/mol. The van der Waals surface area contributed by atoms with Crippen LogP contribution in [0.2, 0.25) is 0 Å². The van der Waals surface area contributed by atoms with Gasteiger partial charge in [0.25, 0.3) is 5.91 Å².